The summed E-state index contributed by atoms with van der Waals surface area (Å²) in [4.78, 5) is 10.0. The summed E-state index contributed by atoms with van der Waals surface area (Å²) < 4.78 is 11.3. The summed E-state index contributed by atoms with van der Waals surface area (Å²) in [5, 5.41) is 7.75. The van der Waals surface area contributed by atoms with Crippen LogP contribution in [0.15, 0.2) is 35.5 Å². The Morgan fingerprint density at radius 2 is 2.04 bits per heavy atom. The van der Waals surface area contributed by atoms with Crippen molar-refractivity contribution in [2.75, 3.05) is 27.2 Å². The molecule has 6 nitrogen and oxygen atoms in total. The predicted molar refractivity (Wildman–Crippen MR) is 108 cm³/mol. The van der Waals surface area contributed by atoms with Crippen LogP contribution in [0.4, 0.5) is 0 Å². The van der Waals surface area contributed by atoms with Gasteiger partial charge in [-0.1, -0.05) is 19.1 Å². The summed E-state index contributed by atoms with van der Waals surface area (Å²) in [7, 11) is 3.41. The lowest BCUT2D eigenvalue weighted by atomic mass is 10.3. The van der Waals surface area contributed by atoms with Crippen LogP contribution in [-0.2, 0) is 12.8 Å². The number of thiazole rings is 1. The van der Waals surface area contributed by atoms with Crippen molar-refractivity contribution in [2.45, 2.75) is 32.8 Å². The van der Waals surface area contributed by atoms with E-state index in [-0.39, 0.29) is 6.10 Å². The lowest BCUT2D eigenvalue weighted by Gasteiger charge is -2.19. The Kier molecular flexibility index (Phi) is 8.21. The number of para-hydroxylation sites is 2. The average Bonchev–Trinajstić information content (AvgIpc) is 3.13. The number of ether oxygens (including phenoxy) is 2. The summed E-state index contributed by atoms with van der Waals surface area (Å²) in [5.74, 6) is 2.23. The van der Waals surface area contributed by atoms with Gasteiger partial charge in [0.2, 0.25) is 0 Å². The van der Waals surface area contributed by atoms with Crippen LogP contribution < -0.4 is 20.1 Å². The molecule has 0 spiro atoms. The van der Waals surface area contributed by atoms with Gasteiger partial charge < -0.3 is 20.1 Å². The van der Waals surface area contributed by atoms with Gasteiger partial charge in [-0.3, -0.25) is 4.99 Å². The number of methoxy groups -OCH3 is 1. The first-order valence-electron chi connectivity index (χ1n) is 8.84. The van der Waals surface area contributed by atoms with Crippen molar-refractivity contribution in [3.8, 4) is 11.5 Å². The molecule has 142 valence electrons. The smallest absolute Gasteiger partial charge is 0.191 e. The van der Waals surface area contributed by atoms with Gasteiger partial charge in [0, 0.05) is 31.1 Å². The molecule has 1 heterocycles. The first-order chi connectivity index (χ1) is 12.7. The number of hydrogen-bond donors (Lipinski definition) is 2. The molecule has 0 saturated heterocycles. The molecule has 2 rings (SSSR count). The number of hydrogen-bond acceptors (Lipinski definition) is 5. The SMILES string of the molecule is CCc1cnc(CCNC(=NC)NCC(C)Oc2ccccc2OC)s1. The van der Waals surface area contributed by atoms with Crippen molar-refractivity contribution >= 4 is 17.3 Å². The van der Waals surface area contributed by atoms with Crippen molar-refractivity contribution in [1.29, 1.82) is 0 Å². The second-order valence-electron chi connectivity index (χ2n) is 5.78. The number of aliphatic imine (C=N–C) groups is 1. The van der Waals surface area contributed by atoms with E-state index in [0.29, 0.717) is 6.54 Å². The van der Waals surface area contributed by atoms with Crippen molar-refractivity contribution in [3.63, 3.8) is 0 Å². The Balaban J connectivity index is 1.73. The minimum atomic E-state index is -0.0316. The zero-order chi connectivity index (χ0) is 18.8. The minimum absolute atomic E-state index is 0.0316. The molecular weight excluding hydrogens is 348 g/mol. The first kappa shape index (κ1) is 20.0. The maximum absolute atomic E-state index is 5.94. The highest BCUT2D eigenvalue weighted by Gasteiger charge is 2.09. The molecule has 0 saturated carbocycles. The van der Waals surface area contributed by atoms with Gasteiger partial charge in [0.05, 0.1) is 18.7 Å². The van der Waals surface area contributed by atoms with Crippen LogP contribution in [0.5, 0.6) is 11.5 Å². The second-order valence-corrected chi connectivity index (χ2v) is 6.98. The number of benzene rings is 1. The quantitative estimate of drug-likeness (QED) is 0.520. The molecule has 1 aromatic carbocycles. The van der Waals surface area contributed by atoms with Crippen molar-refractivity contribution in [1.82, 2.24) is 15.6 Å². The van der Waals surface area contributed by atoms with Crippen LogP contribution in [0, 0.1) is 0 Å². The molecule has 7 heteroatoms. The Bertz CT molecular complexity index is 702. The number of rotatable bonds is 9. The van der Waals surface area contributed by atoms with Crippen LogP contribution in [0.1, 0.15) is 23.7 Å². The summed E-state index contributed by atoms with van der Waals surface area (Å²) in [6.45, 7) is 5.58. The van der Waals surface area contributed by atoms with Gasteiger partial charge in [0.1, 0.15) is 6.10 Å². The fourth-order valence-electron chi connectivity index (χ4n) is 2.35. The fourth-order valence-corrected chi connectivity index (χ4v) is 3.21. The standard InChI is InChI=1S/C19H28N4O2S/c1-5-15-13-22-18(26-15)10-11-21-19(20-3)23-12-14(2)25-17-9-7-6-8-16(17)24-4/h6-9,13-14H,5,10-12H2,1-4H3,(H2,20,21,23). The van der Waals surface area contributed by atoms with Crippen molar-refractivity contribution in [3.05, 3.63) is 40.3 Å². The third-order valence-corrected chi connectivity index (χ3v) is 4.96. The number of guanidine groups is 1. The second kappa shape index (κ2) is 10.7. The van der Waals surface area contributed by atoms with E-state index in [2.05, 4.69) is 27.5 Å². The van der Waals surface area contributed by atoms with Crippen LogP contribution in [-0.4, -0.2) is 44.3 Å². The van der Waals surface area contributed by atoms with Crippen molar-refractivity contribution < 1.29 is 9.47 Å². The summed E-state index contributed by atoms with van der Waals surface area (Å²) in [6.07, 6.45) is 3.86. The van der Waals surface area contributed by atoms with Gasteiger partial charge in [-0.25, -0.2) is 4.98 Å². The summed E-state index contributed by atoms with van der Waals surface area (Å²) in [6, 6.07) is 7.65. The minimum Gasteiger partial charge on any atom is -0.493 e. The molecule has 1 unspecified atom stereocenters. The highest BCUT2D eigenvalue weighted by molar-refractivity contribution is 7.11. The summed E-state index contributed by atoms with van der Waals surface area (Å²) in [5.41, 5.74) is 0. The first-order valence-corrected chi connectivity index (χ1v) is 9.65. The number of nitrogens with zero attached hydrogens (tertiary/aromatic N) is 2. The Labute approximate surface area is 159 Å². The molecule has 1 atom stereocenters. The third kappa shape index (κ3) is 6.22. The van der Waals surface area contributed by atoms with E-state index in [4.69, 9.17) is 9.47 Å². The van der Waals surface area contributed by atoms with Gasteiger partial charge in [-0.05, 0) is 25.5 Å². The molecule has 0 aliphatic heterocycles. The van der Waals surface area contributed by atoms with E-state index in [1.54, 1.807) is 25.5 Å². The molecule has 0 fully saturated rings. The normalized spacial score (nSPS) is 12.5. The molecule has 0 bridgehead atoms. The van der Waals surface area contributed by atoms with E-state index in [1.165, 1.54) is 4.88 Å². The third-order valence-electron chi connectivity index (χ3n) is 3.76. The van der Waals surface area contributed by atoms with E-state index < -0.39 is 0 Å². The Morgan fingerprint density at radius 3 is 2.69 bits per heavy atom. The van der Waals surface area contributed by atoms with Gasteiger partial charge in [0.25, 0.3) is 0 Å². The zero-order valence-electron chi connectivity index (χ0n) is 15.9. The lowest BCUT2D eigenvalue weighted by Crippen LogP contribution is -2.42. The zero-order valence-corrected chi connectivity index (χ0v) is 16.7. The van der Waals surface area contributed by atoms with Gasteiger partial charge >= 0.3 is 0 Å². The van der Waals surface area contributed by atoms with E-state index in [1.807, 2.05) is 37.4 Å². The van der Waals surface area contributed by atoms with Crippen LogP contribution in [0.25, 0.3) is 0 Å². The maximum atomic E-state index is 5.94. The Hall–Kier alpha value is -2.28. The molecular formula is C19H28N4O2S. The molecule has 1 aromatic heterocycles. The fraction of sp³-hybridized carbons (Fsp3) is 0.474. The average molecular weight is 377 g/mol. The largest absolute Gasteiger partial charge is 0.493 e. The monoisotopic (exact) mass is 376 g/mol. The van der Waals surface area contributed by atoms with Gasteiger partial charge in [-0.15, -0.1) is 11.3 Å². The molecule has 0 aliphatic carbocycles. The van der Waals surface area contributed by atoms with Crippen LogP contribution in [0.2, 0.25) is 0 Å². The van der Waals surface area contributed by atoms with Crippen LogP contribution >= 0.6 is 11.3 Å². The molecule has 0 aliphatic rings. The van der Waals surface area contributed by atoms with Crippen LogP contribution in [0.3, 0.4) is 0 Å². The number of aryl methyl sites for hydroxylation is 1. The molecule has 0 amide bonds. The maximum Gasteiger partial charge on any atom is 0.191 e. The van der Waals surface area contributed by atoms with E-state index in [9.17, 15) is 0 Å². The highest BCUT2D eigenvalue weighted by atomic mass is 32.1. The molecule has 2 aromatic rings. The highest BCUT2D eigenvalue weighted by Crippen LogP contribution is 2.26. The predicted octanol–water partition coefficient (Wildman–Crippen LogP) is 2.89. The molecule has 0 radical (unpaired) electrons. The Morgan fingerprint density at radius 1 is 1.27 bits per heavy atom. The molecule has 26 heavy (non-hydrogen) atoms. The molecule has 2 N–H and O–H groups in total. The van der Waals surface area contributed by atoms with Crippen molar-refractivity contribution in [2.24, 2.45) is 4.99 Å². The number of nitrogens with one attached hydrogen (secondary N) is 2. The van der Waals surface area contributed by atoms with E-state index >= 15 is 0 Å². The van der Waals surface area contributed by atoms with Gasteiger partial charge in [-0.2, -0.15) is 0 Å². The number of aromatic nitrogens is 1. The van der Waals surface area contributed by atoms with E-state index in [0.717, 1.165) is 41.9 Å². The van der Waals surface area contributed by atoms with Gasteiger partial charge in [0.15, 0.2) is 17.5 Å². The topological polar surface area (TPSA) is 67.8 Å². The lowest BCUT2D eigenvalue weighted by molar-refractivity contribution is 0.213. The summed E-state index contributed by atoms with van der Waals surface area (Å²) >= 11 is 1.77.